The number of hydrogen-bond acceptors (Lipinski definition) is 6. The number of aromatic amines is 1. The van der Waals surface area contributed by atoms with Gasteiger partial charge in [-0.1, -0.05) is 24.3 Å². The number of aromatic nitrogens is 5. The van der Waals surface area contributed by atoms with Crippen molar-refractivity contribution >= 4 is 34.0 Å². The van der Waals surface area contributed by atoms with Crippen LogP contribution >= 0.6 is 0 Å². The third-order valence-corrected chi connectivity index (χ3v) is 4.66. The molecule has 0 saturated carbocycles. The topological polar surface area (TPSA) is 93.0 Å². The van der Waals surface area contributed by atoms with Gasteiger partial charge in [0.15, 0.2) is 11.5 Å². The van der Waals surface area contributed by atoms with E-state index in [-0.39, 0.29) is 0 Å². The van der Waals surface area contributed by atoms with Gasteiger partial charge in [-0.05, 0) is 18.2 Å². The minimum Gasteiger partial charge on any atom is -0.497 e. The van der Waals surface area contributed by atoms with Gasteiger partial charge in [-0.15, -0.1) is 0 Å². The Labute approximate surface area is 165 Å². The van der Waals surface area contributed by atoms with Gasteiger partial charge in [-0.3, -0.25) is 5.43 Å². The van der Waals surface area contributed by atoms with E-state index in [0.29, 0.717) is 11.5 Å². The molecule has 0 bridgehead atoms. The zero-order valence-corrected chi connectivity index (χ0v) is 15.6. The zero-order chi connectivity index (χ0) is 19.6. The van der Waals surface area contributed by atoms with E-state index in [9.17, 15) is 0 Å². The minimum absolute atomic E-state index is 0.584. The van der Waals surface area contributed by atoms with Crippen LogP contribution in [0.1, 0.15) is 5.56 Å². The van der Waals surface area contributed by atoms with Crippen molar-refractivity contribution in [1.29, 1.82) is 0 Å². The van der Waals surface area contributed by atoms with Crippen molar-refractivity contribution in [2.24, 2.45) is 5.10 Å². The SMILES string of the molecule is COc1cccc(-n2ncc3c(N/N=C/c4c[nH]c5ccccc45)ncnc32)c1. The Kier molecular flexibility index (Phi) is 4.14. The summed E-state index contributed by atoms with van der Waals surface area (Å²) in [5.41, 5.74) is 6.59. The Bertz CT molecular complexity index is 1340. The smallest absolute Gasteiger partial charge is 0.168 e. The lowest BCUT2D eigenvalue weighted by molar-refractivity contribution is 0.414. The maximum absolute atomic E-state index is 5.30. The second-order valence-electron chi connectivity index (χ2n) is 6.38. The van der Waals surface area contributed by atoms with Gasteiger partial charge >= 0.3 is 0 Å². The van der Waals surface area contributed by atoms with Gasteiger partial charge in [0.05, 0.1) is 30.6 Å². The maximum atomic E-state index is 5.30. The number of anilines is 1. The molecule has 5 rings (SSSR count). The highest BCUT2D eigenvalue weighted by Crippen LogP contribution is 2.23. The number of benzene rings is 2. The van der Waals surface area contributed by atoms with E-state index in [2.05, 4.69) is 30.6 Å². The van der Waals surface area contributed by atoms with Crippen molar-refractivity contribution in [2.45, 2.75) is 0 Å². The number of fused-ring (bicyclic) bond motifs is 2. The summed E-state index contributed by atoms with van der Waals surface area (Å²) in [4.78, 5) is 11.9. The first-order chi connectivity index (χ1) is 14.3. The number of nitrogens with one attached hydrogen (secondary N) is 2. The molecule has 0 unspecified atom stereocenters. The second-order valence-corrected chi connectivity index (χ2v) is 6.38. The molecule has 142 valence electrons. The number of ether oxygens (including phenoxy) is 1. The predicted octanol–water partition coefficient (Wildman–Crippen LogP) is 3.75. The molecule has 0 fully saturated rings. The summed E-state index contributed by atoms with van der Waals surface area (Å²) in [5, 5.41) is 10.7. The molecule has 0 aliphatic carbocycles. The lowest BCUT2D eigenvalue weighted by atomic mass is 10.2. The molecule has 0 radical (unpaired) electrons. The highest BCUT2D eigenvalue weighted by molar-refractivity contribution is 5.99. The molecule has 2 aromatic carbocycles. The van der Waals surface area contributed by atoms with E-state index in [4.69, 9.17) is 4.74 Å². The van der Waals surface area contributed by atoms with Crippen LogP contribution in [0.5, 0.6) is 5.75 Å². The fourth-order valence-corrected chi connectivity index (χ4v) is 3.23. The van der Waals surface area contributed by atoms with Crippen LogP contribution in [0.4, 0.5) is 5.82 Å². The third kappa shape index (κ3) is 3.06. The Morgan fingerprint density at radius 1 is 1.10 bits per heavy atom. The Morgan fingerprint density at radius 3 is 2.97 bits per heavy atom. The number of rotatable bonds is 5. The summed E-state index contributed by atoms with van der Waals surface area (Å²) in [6, 6.07) is 15.7. The third-order valence-electron chi connectivity index (χ3n) is 4.66. The molecule has 2 N–H and O–H groups in total. The average Bonchev–Trinajstić information content (AvgIpc) is 3.39. The summed E-state index contributed by atoms with van der Waals surface area (Å²) in [7, 11) is 1.64. The minimum atomic E-state index is 0.584. The molecule has 0 spiro atoms. The van der Waals surface area contributed by atoms with Crippen LogP contribution in [-0.4, -0.2) is 38.1 Å². The van der Waals surface area contributed by atoms with Crippen molar-refractivity contribution in [1.82, 2.24) is 24.7 Å². The number of para-hydroxylation sites is 1. The van der Waals surface area contributed by atoms with Gasteiger partial charge < -0.3 is 9.72 Å². The Morgan fingerprint density at radius 2 is 2.03 bits per heavy atom. The summed E-state index contributed by atoms with van der Waals surface area (Å²) >= 11 is 0. The van der Waals surface area contributed by atoms with E-state index in [1.54, 1.807) is 24.2 Å². The largest absolute Gasteiger partial charge is 0.497 e. The molecule has 0 aliphatic rings. The molecular weight excluding hydrogens is 366 g/mol. The second kappa shape index (κ2) is 7.08. The van der Waals surface area contributed by atoms with Gasteiger partial charge in [0, 0.05) is 28.7 Å². The van der Waals surface area contributed by atoms with Crippen LogP contribution in [0.3, 0.4) is 0 Å². The highest BCUT2D eigenvalue weighted by Gasteiger charge is 2.11. The molecular formula is C21H17N7O. The number of nitrogens with zero attached hydrogens (tertiary/aromatic N) is 5. The van der Waals surface area contributed by atoms with Gasteiger partial charge in [0.2, 0.25) is 0 Å². The first kappa shape index (κ1) is 16.9. The van der Waals surface area contributed by atoms with Crippen molar-refractivity contribution < 1.29 is 4.74 Å². The lowest BCUT2D eigenvalue weighted by Crippen LogP contribution is -2.00. The van der Waals surface area contributed by atoms with Crippen LogP contribution in [0, 0.1) is 0 Å². The lowest BCUT2D eigenvalue weighted by Gasteiger charge is -2.06. The van der Waals surface area contributed by atoms with E-state index < -0.39 is 0 Å². The molecule has 5 aromatic rings. The van der Waals surface area contributed by atoms with E-state index in [1.165, 1.54) is 6.33 Å². The van der Waals surface area contributed by atoms with Gasteiger partial charge in [-0.25, -0.2) is 14.6 Å². The fraction of sp³-hybridized carbons (Fsp3) is 0.0476. The van der Waals surface area contributed by atoms with Gasteiger partial charge in [0.1, 0.15) is 12.1 Å². The van der Waals surface area contributed by atoms with E-state index in [0.717, 1.165) is 33.3 Å². The summed E-state index contributed by atoms with van der Waals surface area (Å²) < 4.78 is 7.04. The molecule has 3 aromatic heterocycles. The first-order valence-corrected chi connectivity index (χ1v) is 9.02. The van der Waals surface area contributed by atoms with Crippen molar-refractivity contribution in [2.75, 3.05) is 12.5 Å². The number of hydrogen-bond donors (Lipinski definition) is 2. The maximum Gasteiger partial charge on any atom is 0.168 e. The number of hydrazone groups is 1. The molecule has 3 heterocycles. The zero-order valence-electron chi connectivity index (χ0n) is 15.6. The van der Waals surface area contributed by atoms with E-state index in [1.807, 2.05) is 54.7 Å². The highest BCUT2D eigenvalue weighted by atomic mass is 16.5. The molecule has 0 aliphatic heterocycles. The number of H-pyrrole nitrogens is 1. The van der Waals surface area contributed by atoms with Crippen molar-refractivity contribution in [3.63, 3.8) is 0 Å². The summed E-state index contributed by atoms with van der Waals surface area (Å²) in [6.45, 7) is 0. The van der Waals surface area contributed by atoms with Crippen LogP contribution in [0.2, 0.25) is 0 Å². The Hall–Kier alpha value is -4.20. The number of methoxy groups -OCH3 is 1. The Balaban J connectivity index is 1.46. The fourth-order valence-electron chi connectivity index (χ4n) is 3.23. The van der Waals surface area contributed by atoms with Gasteiger partial charge in [0.25, 0.3) is 0 Å². The molecule has 0 saturated heterocycles. The van der Waals surface area contributed by atoms with E-state index >= 15 is 0 Å². The summed E-state index contributed by atoms with van der Waals surface area (Å²) in [6.07, 6.45) is 6.90. The average molecular weight is 383 g/mol. The molecule has 0 atom stereocenters. The van der Waals surface area contributed by atoms with Crippen LogP contribution in [-0.2, 0) is 0 Å². The molecule has 29 heavy (non-hydrogen) atoms. The van der Waals surface area contributed by atoms with Crippen LogP contribution < -0.4 is 10.2 Å². The molecule has 8 nitrogen and oxygen atoms in total. The van der Waals surface area contributed by atoms with Gasteiger partial charge in [-0.2, -0.15) is 10.2 Å². The first-order valence-electron chi connectivity index (χ1n) is 9.02. The summed E-state index contributed by atoms with van der Waals surface area (Å²) in [5.74, 6) is 1.34. The molecule has 0 amide bonds. The van der Waals surface area contributed by atoms with Crippen LogP contribution in [0.25, 0.3) is 27.6 Å². The van der Waals surface area contributed by atoms with Crippen molar-refractivity contribution in [3.05, 3.63) is 72.8 Å². The quantitative estimate of drug-likeness (QED) is 0.356. The monoisotopic (exact) mass is 383 g/mol. The standard InChI is InChI=1S/C21H17N7O/c1-29-16-6-4-5-15(9-16)28-21-18(12-26-28)20(23-13-24-21)27-25-11-14-10-22-19-8-3-2-7-17(14)19/h2-13,22H,1H3,(H,23,24,27)/b25-11+. The predicted molar refractivity (Wildman–Crippen MR) is 113 cm³/mol. The molecule has 8 heteroatoms. The van der Waals surface area contributed by atoms with Crippen molar-refractivity contribution in [3.8, 4) is 11.4 Å². The normalized spacial score (nSPS) is 11.5. The van der Waals surface area contributed by atoms with Crippen LogP contribution in [0.15, 0.2) is 72.4 Å².